The Morgan fingerprint density at radius 1 is 1.43 bits per heavy atom. The Labute approximate surface area is 82.9 Å². The van der Waals surface area contributed by atoms with E-state index >= 15 is 0 Å². The Kier molecular flexibility index (Phi) is 6.47. The van der Waals surface area contributed by atoms with Crippen LogP contribution in [0.5, 0.6) is 0 Å². The molecule has 0 aliphatic carbocycles. The monoisotopic (exact) mass is 203 g/mol. The number of carboxylic acids is 1. The average molecular weight is 203 g/mol. The van der Waals surface area contributed by atoms with Crippen molar-refractivity contribution in [3.8, 4) is 0 Å². The summed E-state index contributed by atoms with van der Waals surface area (Å²) >= 11 is 0. The molecule has 0 spiro atoms. The molecule has 0 aliphatic rings. The number of aliphatic carboxylic acids is 1. The van der Waals surface area contributed by atoms with Gasteiger partial charge in [-0.1, -0.05) is 0 Å². The van der Waals surface area contributed by atoms with Gasteiger partial charge in [0.2, 0.25) is 0 Å². The number of likely N-dealkylation sites (N-methyl/N-ethyl adjacent to an activating group) is 1. The highest BCUT2D eigenvalue weighted by molar-refractivity contribution is 5.73. The Hall–Kier alpha value is -1.30. The van der Waals surface area contributed by atoms with Crippen LogP contribution >= 0.6 is 0 Å². The second kappa shape index (κ2) is 7.14. The lowest BCUT2D eigenvalue weighted by molar-refractivity contribution is -0.139. The molecule has 0 bridgehead atoms. The summed E-state index contributed by atoms with van der Waals surface area (Å²) in [7, 11) is 1.61. The number of urea groups is 1. The second-order valence-corrected chi connectivity index (χ2v) is 2.97. The highest BCUT2D eigenvalue weighted by Crippen LogP contribution is 1.99. The quantitative estimate of drug-likeness (QED) is 0.418. The zero-order valence-electron chi connectivity index (χ0n) is 8.25. The van der Waals surface area contributed by atoms with E-state index in [0.29, 0.717) is 13.0 Å². The van der Waals surface area contributed by atoms with Gasteiger partial charge in [-0.15, -0.1) is 0 Å². The van der Waals surface area contributed by atoms with Crippen LogP contribution in [0.15, 0.2) is 0 Å². The summed E-state index contributed by atoms with van der Waals surface area (Å²) in [5, 5.41) is 13.8. The molecule has 0 radical (unpaired) electrons. The maximum absolute atomic E-state index is 10.6. The molecule has 0 aliphatic heterocycles. The third-order valence-electron chi connectivity index (χ3n) is 1.87. The van der Waals surface area contributed by atoms with Crippen molar-refractivity contribution >= 4 is 12.0 Å². The van der Waals surface area contributed by atoms with Gasteiger partial charge < -0.3 is 21.5 Å². The molecule has 2 amide bonds. The molecule has 0 rings (SSSR count). The predicted molar refractivity (Wildman–Crippen MR) is 51.9 cm³/mol. The number of nitrogens with one attached hydrogen (secondary N) is 2. The Bertz CT molecular complexity index is 196. The molecule has 0 aromatic heterocycles. The Balaban J connectivity index is 3.42. The first-order valence-electron chi connectivity index (χ1n) is 4.51. The standard InChI is InChI=1S/C8H17N3O3/c1-10-6(7(12)13)4-2-3-5-11-8(9)14/h6,10H,2-5H2,1H3,(H,12,13)(H3,9,11,14)/t6-/m0/s1. The van der Waals surface area contributed by atoms with Gasteiger partial charge in [-0.3, -0.25) is 4.79 Å². The topological polar surface area (TPSA) is 104 Å². The zero-order valence-corrected chi connectivity index (χ0v) is 8.25. The van der Waals surface area contributed by atoms with Crippen molar-refractivity contribution in [1.82, 2.24) is 10.6 Å². The number of nitrogens with two attached hydrogens (primary N) is 1. The summed E-state index contributed by atoms with van der Waals surface area (Å²) in [6, 6.07) is -1.06. The van der Waals surface area contributed by atoms with Gasteiger partial charge in [-0.25, -0.2) is 4.79 Å². The first-order valence-corrected chi connectivity index (χ1v) is 4.51. The van der Waals surface area contributed by atoms with Crippen LogP contribution < -0.4 is 16.4 Å². The predicted octanol–water partition coefficient (Wildman–Crippen LogP) is -0.502. The summed E-state index contributed by atoms with van der Waals surface area (Å²) in [4.78, 5) is 20.8. The maximum atomic E-state index is 10.6. The van der Waals surface area contributed by atoms with Crippen LogP contribution in [0.25, 0.3) is 0 Å². The van der Waals surface area contributed by atoms with E-state index in [4.69, 9.17) is 10.8 Å². The minimum Gasteiger partial charge on any atom is -0.480 e. The molecule has 0 aromatic carbocycles. The van der Waals surface area contributed by atoms with Gasteiger partial charge in [0.25, 0.3) is 0 Å². The van der Waals surface area contributed by atoms with Crippen molar-refractivity contribution < 1.29 is 14.7 Å². The van der Waals surface area contributed by atoms with Gasteiger partial charge in [-0.05, 0) is 26.3 Å². The van der Waals surface area contributed by atoms with Crippen LogP contribution in [0.3, 0.4) is 0 Å². The lowest BCUT2D eigenvalue weighted by atomic mass is 10.1. The van der Waals surface area contributed by atoms with Crippen molar-refractivity contribution in [2.45, 2.75) is 25.3 Å². The first-order chi connectivity index (χ1) is 6.57. The van der Waals surface area contributed by atoms with Crippen molar-refractivity contribution in [2.24, 2.45) is 5.73 Å². The summed E-state index contributed by atoms with van der Waals surface area (Å²) < 4.78 is 0. The second-order valence-electron chi connectivity index (χ2n) is 2.97. The molecule has 0 saturated carbocycles. The van der Waals surface area contributed by atoms with Crippen molar-refractivity contribution in [3.05, 3.63) is 0 Å². The van der Waals surface area contributed by atoms with E-state index in [9.17, 15) is 9.59 Å². The molecule has 6 heteroatoms. The molecular weight excluding hydrogens is 186 g/mol. The largest absolute Gasteiger partial charge is 0.480 e. The fourth-order valence-electron chi connectivity index (χ4n) is 1.08. The van der Waals surface area contributed by atoms with Gasteiger partial charge in [0, 0.05) is 6.54 Å². The summed E-state index contributed by atoms with van der Waals surface area (Å²) in [6.07, 6.45) is 2.01. The van der Waals surface area contributed by atoms with Gasteiger partial charge in [0.05, 0.1) is 0 Å². The number of amides is 2. The number of carbonyl (C=O) groups excluding carboxylic acids is 1. The molecule has 14 heavy (non-hydrogen) atoms. The van der Waals surface area contributed by atoms with Gasteiger partial charge in [-0.2, -0.15) is 0 Å². The van der Waals surface area contributed by atoms with Crippen LogP contribution in [0.2, 0.25) is 0 Å². The van der Waals surface area contributed by atoms with Crippen molar-refractivity contribution in [1.29, 1.82) is 0 Å². The molecule has 0 fully saturated rings. The summed E-state index contributed by atoms with van der Waals surface area (Å²) in [5.74, 6) is -0.852. The van der Waals surface area contributed by atoms with E-state index in [1.54, 1.807) is 7.05 Å². The highest BCUT2D eigenvalue weighted by Gasteiger charge is 2.13. The molecule has 5 N–H and O–H groups in total. The fraction of sp³-hybridized carbons (Fsp3) is 0.750. The zero-order chi connectivity index (χ0) is 11.0. The average Bonchev–Trinajstić information content (AvgIpc) is 2.10. The number of rotatable bonds is 7. The van der Waals surface area contributed by atoms with Gasteiger partial charge in [0.15, 0.2) is 0 Å². The van der Waals surface area contributed by atoms with Crippen LogP contribution in [-0.2, 0) is 4.79 Å². The normalized spacial score (nSPS) is 12.1. The van der Waals surface area contributed by atoms with Crippen LogP contribution in [0, 0.1) is 0 Å². The van der Waals surface area contributed by atoms with Crippen LogP contribution in [0.1, 0.15) is 19.3 Å². The minimum absolute atomic E-state index is 0.491. The van der Waals surface area contributed by atoms with E-state index in [2.05, 4.69) is 10.6 Å². The van der Waals surface area contributed by atoms with E-state index in [1.807, 2.05) is 0 Å². The molecule has 0 heterocycles. The molecule has 1 atom stereocenters. The van der Waals surface area contributed by atoms with E-state index in [-0.39, 0.29) is 0 Å². The number of primary amides is 1. The summed E-state index contributed by atoms with van der Waals surface area (Å²) in [5.41, 5.74) is 4.85. The molecule has 0 aromatic rings. The number of hydrogen-bond donors (Lipinski definition) is 4. The third-order valence-corrected chi connectivity index (χ3v) is 1.87. The first kappa shape index (κ1) is 12.7. The Morgan fingerprint density at radius 2 is 2.07 bits per heavy atom. The number of hydrogen-bond acceptors (Lipinski definition) is 3. The number of carbonyl (C=O) groups is 2. The number of carboxylic acid groups (broad SMARTS) is 1. The Morgan fingerprint density at radius 3 is 2.50 bits per heavy atom. The van der Waals surface area contributed by atoms with Gasteiger partial charge in [0.1, 0.15) is 6.04 Å². The van der Waals surface area contributed by atoms with Crippen LogP contribution in [0.4, 0.5) is 4.79 Å². The van der Waals surface area contributed by atoms with E-state index < -0.39 is 18.0 Å². The van der Waals surface area contributed by atoms with E-state index in [0.717, 1.165) is 12.8 Å². The van der Waals surface area contributed by atoms with E-state index in [1.165, 1.54) is 0 Å². The number of unbranched alkanes of at least 4 members (excludes halogenated alkanes) is 1. The minimum atomic E-state index is -0.852. The molecule has 82 valence electrons. The summed E-state index contributed by atoms with van der Waals surface area (Å²) in [6.45, 7) is 0.491. The molecule has 6 nitrogen and oxygen atoms in total. The fourth-order valence-corrected chi connectivity index (χ4v) is 1.08. The lowest BCUT2D eigenvalue weighted by Gasteiger charge is -2.10. The van der Waals surface area contributed by atoms with Gasteiger partial charge >= 0.3 is 12.0 Å². The van der Waals surface area contributed by atoms with Crippen LogP contribution in [-0.4, -0.2) is 36.7 Å². The third kappa shape index (κ3) is 6.24. The lowest BCUT2D eigenvalue weighted by Crippen LogP contribution is -2.34. The van der Waals surface area contributed by atoms with Crippen molar-refractivity contribution in [3.63, 3.8) is 0 Å². The SMILES string of the molecule is CN[C@@H](CCCCNC(N)=O)C(=O)O. The molecule has 0 saturated heterocycles. The molecular formula is C8H17N3O3. The highest BCUT2D eigenvalue weighted by atomic mass is 16.4. The van der Waals surface area contributed by atoms with Crippen molar-refractivity contribution in [2.75, 3.05) is 13.6 Å². The molecule has 0 unspecified atom stereocenters. The smallest absolute Gasteiger partial charge is 0.320 e. The maximum Gasteiger partial charge on any atom is 0.320 e.